The Morgan fingerprint density at radius 1 is 1.11 bits per heavy atom. The summed E-state index contributed by atoms with van der Waals surface area (Å²) in [6, 6.07) is 8.28. The fourth-order valence-electron chi connectivity index (χ4n) is 9.72. The van der Waals surface area contributed by atoms with Crippen molar-refractivity contribution < 1.29 is 29.0 Å². The Balaban J connectivity index is 1.37. The highest BCUT2D eigenvalue weighted by Gasteiger charge is 2.74. The molecular weight excluding hydrogens is 592 g/mol. The number of rotatable bonds is 7. The molecule has 6 rings (SSSR count). The molecule has 0 saturated heterocycles. The number of aliphatic hydroxyl groups is 1. The van der Waals surface area contributed by atoms with Gasteiger partial charge in [-0.15, -0.1) is 11.6 Å². The molecule has 2 aromatic rings. The highest BCUT2D eigenvalue weighted by molar-refractivity contribution is 6.21. The van der Waals surface area contributed by atoms with Gasteiger partial charge in [-0.25, -0.2) is 4.68 Å². The van der Waals surface area contributed by atoms with Gasteiger partial charge in [0.25, 0.3) is 0 Å². The van der Waals surface area contributed by atoms with Crippen LogP contribution in [-0.2, 0) is 30.3 Å². The van der Waals surface area contributed by atoms with Crippen molar-refractivity contribution in [2.75, 3.05) is 6.61 Å². The van der Waals surface area contributed by atoms with Gasteiger partial charge in [-0.2, -0.15) is 5.10 Å². The van der Waals surface area contributed by atoms with Crippen molar-refractivity contribution in [3.8, 4) is 5.69 Å². The van der Waals surface area contributed by atoms with Gasteiger partial charge in [0.1, 0.15) is 0 Å². The molecule has 4 aliphatic carbocycles. The summed E-state index contributed by atoms with van der Waals surface area (Å²) < 4.78 is 13.4. The molecule has 0 aliphatic heterocycles. The first-order chi connectivity index (χ1) is 21.3. The minimum absolute atomic E-state index is 0.0889. The summed E-state index contributed by atoms with van der Waals surface area (Å²) in [6.07, 6.45) is 5.98. The van der Waals surface area contributed by atoms with Crippen LogP contribution < -0.4 is 0 Å². The molecule has 4 aliphatic rings. The Labute approximate surface area is 270 Å². The largest absolute Gasteiger partial charge is 0.457 e. The highest BCUT2D eigenvalue weighted by Crippen LogP contribution is 2.70. The number of hydrogen-bond donors (Lipinski definition) is 1. The van der Waals surface area contributed by atoms with Crippen molar-refractivity contribution in [1.29, 1.82) is 0 Å². The monoisotopic (exact) mass is 636 g/mol. The number of nitrogens with zero attached hydrogens (tertiary/aromatic N) is 2. The van der Waals surface area contributed by atoms with Gasteiger partial charge in [0.15, 0.2) is 12.2 Å². The minimum Gasteiger partial charge on any atom is -0.457 e. The maximum absolute atomic E-state index is 14.1. The maximum atomic E-state index is 14.1. The first kappa shape index (κ1) is 32.0. The average Bonchev–Trinajstić information content (AvgIpc) is 3.50. The summed E-state index contributed by atoms with van der Waals surface area (Å²) >= 11 is 7.34. The van der Waals surface area contributed by atoms with E-state index in [1.165, 1.54) is 11.1 Å². The van der Waals surface area contributed by atoms with Crippen molar-refractivity contribution in [2.24, 2.45) is 34.5 Å². The maximum Gasteiger partial charge on any atom is 0.306 e. The quantitative estimate of drug-likeness (QED) is 0.293. The first-order valence-corrected chi connectivity index (χ1v) is 16.8. The van der Waals surface area contributed by atoms with E-state index in [1.807, 2.05) is 18.5 Å². The number of allylic oxidation sites excluding steroid dienone is 1. The number of halogens is 1. The van der Waals surface area contributed by atoms with E-state index < -0.39 is 41.4 Å². The second-order valence-corrected chi connectivity index (χ2v) is 14.9. The van der Waals surface area contributed by atoms with Crippen molar-refractivity contribution in [1.82, 2.24) is 9.78 Å². The van der Waals surface area contributed by atoms with Crippen LogP contribution in [0.2, 0.25) is 0 Å². The molecule has 1 heterocycles. The minimum atomic E-state index is -1.53. The third-order valence-electron chi connectivity index (χ3n) is 11.8. The van der Waals surface area contributed by atoms with Crippen LogP contribution in [0.4, 0.5) is 0 Å². The molecule has 0 bridgehead atoms. The summed E-state index contributed by atoms with van der Waals surface area (Å²) in [5.74, 6) is -2.11. The summed E-state index contributed by atoms with van der Waals surface area (Å²) in [5.41, 5.74) is 2.66. The van der Waals surface area contributed by atoms with Crippen LogP contribution >= 0.6 is 11.6 Å². The number of benzene rings is 1. The van der Waals surface area contributed by atoms with E-state index in [4.69, 9.17) is 26.2 Å². The topological polar surface area (TPSA) is 108 Å². The number of Topliss-reactive ketones (excluding diaryl/α,β-unsaturated/α-hetero) is 1. The van der Waals surface area contributed by atoms with Crippen LogP contribution in [-0.4, -0.2) is 56.3 Å². The summed E-state index contributed by atoms with van der Waals surface area (Å²) in [7, 11) is 0. The van der Waals surface area contributed by atoms with Crippen molar-refractivity contribution in [2.45, 2.75) is 97.1 Å². The normalized spacial score (nSPS) is 36.6. The third-order valence-corrected chi connectivity index (χ3v) is 12.3. The Kier molecular flexibility index (Phi) is 8.09. The number of aromatic nitrogens is 2. The molecule has 8 nitrogen and oxygen atoms in total. The van der Waals surface area contributed by atoms with E-state index >= 15 is 0 Å². The van der Waals surface area contributed by atoms with Crippen LogP contribution in [0.5, 0.6) is 0 Å². The van der Waals surface area contributed by atoms with Crippen molar-refractivity contribution in [3.05, 3.63) is 52.9 Å². The van der Waals surface area contributed by atoms with Crippen LogP contribution in [0, 0.1) is 41.4 Å². The molecule has 3 saturated carbocycles. The SMILES string of the molecule is CCC(=O)OCC(=O)[C@@]1(OC(=O)CC)[C@H](C)C[C@H]2[C@H]3[C@H]([C@@H](O)C[C@@]21C)[C@@]1(C)Cc2cn(-c4ccc(C)cc4)nc2C=C1C[C@H]3Cl. The van der Waals surface area contributed by atoms with E-state index in [1.54, 1.807) is 13.8 Å². The van der Waals surface area contributed by atoms with Crippen LogP contribution in [0.3, 0.4) is 0 Å². The molecule has 0 spiro atoms. The fourth-order valence-corrected chi connectivity index (χ4v) is 10.2. The number of carbonyl (C=O) groups excluding carboxylic acids is 3. The van der Waals surface area contributed by atoms with Gasteiger partial charge in [0.2, 0.25) is 5.78 Å². The molecule has 45 heavy (non-hydrogen) atoms. The smallest absolute Gasteiger partial charge is 0.306 e. The van der Waals surface area contributed by atoms with Gasteiger partial charge in [-0.05, 0) is 79.5 Å². The molecule has 242 valence electrons. The number of aryl methyl sites for hydroxylation is 1. The zero-order valence-corrected chi connectivity index (χ0v) is 27.9. The average molecular weight is 637 g/mol. The second kappa shape index (κ2) is 11.4. The van der Waals surface area contributed by atoms with Crippen LogP contribution in [0.1, 0.15) is 83.5 Å². The lowest BCUT2D eigenvalue weighted by molar-refractivity contribution is -0.207. The summed E-state index contributed by atoms with van der Waals surface area (Å²) in [4.78, 5) is 39.1. The third kappa shape index (κ3) is 4.81. The lowest BCUT2D eigenvalue weighted by Crippen LogP contribution is -2.66. The number of ether oxygens (including phenoxy) is 2. The highest BCUT2D eigenvalue weighted by atomic mass is 35.5. The van der Waals surface area contributed by atoms with Crippen LogP contribution in [0.15, 0.2) is 36.0 Å². The second-order valence-electron chi connectivity index (χ2n) is 14.3. The molecule has 0 amide bonds. The Morgan fingerprint density at radius 3 is 2.47 bits per heavy atom. The number of esters is 2. The molecule has 0 unspecified atom stereocenters. The predicted octanol–water partition coefficient (Wildman–Crippen LogP) is 6.01. The molecule has 1 N–H and O–H groups in total. The standard InChI is InChI=1S/C36H45ClN2O6/c1-7-30(42)44-19-29(41)36(45-31(43)8-2)21(4)13-25-32-26(37)14-23-15-27-22(18-39(38-27)24-11-9-20(3)10-12-24)16-34(23,5)33(32)28(40)17-35(25,36)6/h9-12,15,18,21,25-26,28,32-33,40H,7-8,13-14,16-17,19H2,1-6H3/t21-,25+,26-,28+,32-,33+,34+,35+,36+/m1/s1. The van der Waals surface area contributed by atoms with Crippen LogP contribution in [0.25, 0.3) is 11.8 Å². The van der Waals surface area contributed by atoms with Gasteiger partial charge in [-0.1, -0.05) is 57.9 Å². The lowest BCUT2D eigenvalue weighted by atomic mass is 9.45. The van der Waals surface area contributed by atoms with E-state index in [2.05, 4.69) is 50.4 Å². The number of fused-ring (bicyclic) bond motifs is 6. The first-order valence-electron chi connectivity index (χ1n) is 16.4. The van der Waals surface area contributed by atoms with Gasteiger partial charge < -0.3 is 14.6 Å². The Bertz CT molecular complexity index is 1550. The molecule has 9 heteroatoms. The van der Waals surface area contributed by atoms with Gasteiger partial charge in [0.05, 0.1) is 17.5 Å². The van der Waals surface area contributed by atoms with Crippen molar-refractivity contribution >= 4 is 35.4 Å². The number of ketones is 1. The zero-order valence-electron chi connectivity index (χ0n) is 27.1. The van der Waals surface area contributed by atoms with E-state index in [9.17, 15) is 19.5 Å². The number of hydrogen-bond acceptors (Lipinski definition) is 7. The Hall–Kier alpha value is -2.97. The summed E-state index contributed by atoms with van der Waals surface area (Å²) in [6.45, 7) is 11.1. The predicted molar refractivity (Wildman–Crippen MR) is 171 cm³/mol. The van der Waals surface area contributed by atoms with E-state index in [0.29, 0.717) is 12.8 Å². The number of alkyl halides is 1. The van der Waals surface area contributed by atoms with Gasteiger partial charge in [-0.3, -0.25) is 14.4 Å². The molecule has 1 aromatic carbocycles. The van der Waals surface area contributed by atoms with Gasteiger partial charge in [0, 0.05) is 35.7 Å². The molecule has 1 aromatic heterocycles. The zero-order chi connectivity index (χ0) is 32.5. The van der Waals surface area contributed by atoms with E-state index in [-0.39, 0.29) is 53.7 Å². The molecule has 3 fully saturated rings. The summed E-state index contributed by atoms with van der Waals surface area (Å²) in [5, 5.41) is 16.8. The van der Waals surface area contributed by atoms with E-state index in [0.717, 1.165) is 23.4 Å². The fraction of sp³-hybridized carbons (Fsp3) is 0.611. The molecule has 0 radical (unpaired) electrons. The number of aliphatic hydroxyl groups excluding tert-OH is 1. The molecular formula is C36H45ClN2O6. The number of carbonyl (C=O) groups is 3. The lowest BCUT2D eigenvalue weighted by Gasteiger charge is -2.61. The molecule has 9 atom stereocenters. The van der Waals surface area contributed by atoms with Gasteiger partial charge >= 0.3 is 11.9 Å². The Morgan fingerprint density at radius 2 is 1.80 bits per heavy atom. The van der Waals surface area contributed by atoms with Crippen molar-refractivity contribution in [3.63, 3.8) is 0 Å².